The fourth-order valence-electron chi connectivity index (χ4n) is 3.98. The molecule has 4 rings (SSSR count). The second-order valence-electron chi connectivity index (χ2n) is 6.26. The summed E-state index contributed by atoms with van der Waals surface area (Å²) in [5.41, 5.74) is 2.39. The van der Waals surface area contributed by atoms with Gasteiger partial charge in [-0.05, 0) is 43.7 Å². The maximum atomic E-state index is 4.82. The Morgan fingerprint density at radius 3 is 2.68 bits per heavy atom. The van der Waals surface area contributed by atoms with E-state index in [0.29, 0.717) is 0 Å². The van der Waals surface area contributed by atoms with Gasteiger partial charge in [-0.2, -0.15) is 0 Å². The number of rotatable bonds is 2. The van der Waals surface area contributed by atoms with Crippen molar-refractivity contribution in [1.29, 1.82) is 0 Å². The van der Waals surface area contributed by atoms with Crippen LogP contribution in [-0.4, -0.2) is 21.6 Å². The number of piperidine rings is 1. The number of benzene rings is 1. The molecule has 0 amide bonds. The van der Waals surface area contributed by atoms with Gasteiger partial charge in [-0.3, -0.25) is 0 Å². The van der Waals surface area contributed by atoms with Gasteiger partial charge in [0.25, 0.3) is 0 Å². The Morgan fingerprint density at radius 1 is 1.21 bits per heavy atom. The van der Waals surface area contributed by atoms with E-state index in [0.717, 1.165) is 29.9 Å². The van der Waals surface area contributed by atoms with Crippen molar-refractivity contribution in [1.82, 2.24) is 14.9 Å². The van der Waals surface area contributed by atoms with Gasteiger partial charge in [-0.15, -0.1) is 0 Å². The van der Waals surface area contributed by atoms with Crippen LogP contribution in [0.2, 0.25) is 0 Å². The third kappa shape index (κ3) is 1.96. The third-order valence-corrected chi connectivity index (χ3v) is 4.92. The van der Waals surface area contributed by atoms with Crippen molar-refractivity contribution in [3.05, 3.63) is 30.1 Å². The lowest BCUT2D eigenvalue weighted by molar-refractivity contribution is 0.294. The van der Waals surface area contributed by atoms with Gasteiger partial charge in [0.05, 0.1) is 11.0 Å². The third-order valence-electron chi connectivity index (χ3n) is 4.92. The summed E-state index contributed by atoms with van der Waals surface area (Å²) in [7, 11) is 2.15. The maximum Gasteiger partial charge on any atom is 0.109 e. The molecule has 0 spiro atoms. The Morgan fingerprint density at radius 2 is 1.95 bits per heavy atom. The van der Waals surface area contributed by atoms with E-state index in [1.165, 1.54) is 37.0 Å². The molecule has 2 atom stereocenters. The predicted octanol–water partition coefficient (Wildman–Crippen LogP) is 2.65. The normalized spacial score (nSPS) is 30.1. The fraction of sp³-hybridized carbons (Fsp3) is 0.562. The molecule has 2 aromatic rings. The standard InChI is InChI=1S/C16H21N3/c1-19-15-5-3-2-4-14(15)18-16(19)10-11-8-12-6-7-13(9-11)17-12/h2-5,11-13,17H,6-10H2,1H3. The van der Waals surface area contributed by atoms with Gasteiger partial charge in [-0.1, -0.05) is 12.1 Å². The summed E-state index contributed by atoms with van der Waals surface area (Å²) in [5.74, 6) is 2.07. The number of fused-ring (bicyclic) bond motifs is 3. The van der Waals surface area contributed by atoms with Gasteiger partial charge in [0.15, 0.2) is 0 Å². The van der Waals surface area contributed by atoms with Gasteiger partial charge in [-0.25, -0.2) is 4.98 Å². The predicted molar refractivity (Wildman–Crippen MR) is 77.1 cm³/mol. The first-order valence-electron chi connectivity index (χ1n) is 7.46. The van der Waals surface area contributed by atoms with Crippen LogP contribution in [-0.2, 0) is 13.5 Å². The molecule has 0 saturated carbocycles. The number of hydrogen-bond acceptors (Lipinski definition) is 2. The average Bonchev–Trinajstić information content (AvgIpc) is 2.92. The molecule has 1 aromatic carbocycles. The largest absolute Gasteiger partial charge is 0.331 e. The van der Waals surface area contributed by atoms with Crippen molar-refractivity contribution in [2.24, 2.45) is 13.0 Å². The van der Waals surface area contributed by atoms with Gasteiger partial charge >= 0.3 is 0 Å². The SMILES string of the molecule is Cn1c(CC2CC3CCC(C2)N3)nc2ccccc21. The van der Waals surface area contributed by atoms with Gasteiger partial charge < -0.3 is 9.88 Å². The van der Waals surface area contributed by atoms with E-state index in [9.17, 15) is 0 Å². The molecular weight excluding hydrogens is 234 g/mol. The molecule has 2 bridgehead atoms. The number of hydrogen-bond donors (Lipinski definition) is 1. The van der Waals surface area contributed by atoms with Crippen LogP contribution in [0.3, 0.4) is 0 Å². The molecule has 3 heteroatoms. The smallest absolute Gasteiger partial charge is 0.109 e. The molecule has 0 aliphatic carbocycles. The summed E-state index contributed by atoms with van der Waals surface area (Å²) in [5, 5.41) is 3.72. The Bertz CT molecular complexity index is 589. The first-order chi connectivity index (χ1) is 9.29. The minimum atomic E-state index is 0.776. The van der Waals surface area contributed by atoms with Crippen LogP contribution in [0.15, 0.2) is 24.3 Å². The van der Waals surface area contributed by atoms with Crippen molar-refractivity contribution in [2.75, 3.05) is 0 Å². The zero-order chi connectivity index (χ0) is 12.8. The van der Waals surface area contributed by atoms with Crippen LogP contribution in [0.1, 0.15) is 31.5 Å². The van der Waals surface area contributed by atoms with Crippen LogP contribution < -0.4 is 5.32 Å². The fourth-order valence-corrected chi connectivity index (χ4v) is 3.98. The molecular formula is C16H21N3. The van der Waals surface area contributed by atoms with Crippen LogP contribution in [0, 0.1) is 5.92 Å². The minimum absolute atomic E-state index is 0.776. The highest BCUT2D eigenvalue weighted by molar-refractivity contribution is 5.75. The Labute approximate surface area is 114 Å². The summed E-state index contributed by atoms with van der Waals surface area (Å²) in [6.45, 7) is 0. The molecule has 2 unspecified atom stereocenters. The summed E-state index contributed by atoms with van der Waals surface area (Å²) in [4.78, 5) is 4.82. The van der Waals surface area contributed by atoms with Gasteiger partial charge in [0.1, 0.15) is 5.82 Å². The van der Waals surface area contributed by atoms with Crippen molar-refractivity contribution in [3.63, 3.8) is 0 Å². The second kappa shape index (κ2) is 4.34. The molecule has 3 heterocycles. The monoisotopic (exact) mass is 255 g/mol. The van der Waals surface area contributed by atoms with E-state index >= 15 is 0 Å². The Kier molecular flexibility index (Phi) is 2.62. The summed E-state index contributed by atoms with van der Waals surface area (Å²) in [6, 6.07) is 10.0. The average molecular weight is 255 g/mol. The molecule has 1 N–H and O–H groups in total. The van der Waals surface area contributed by atoms with Crippen LogP contribution in [0.25, 0.3) is 11.0 Å². The molecule has 2 fully saturated rings. The highest BCUT2D eigenvalue weighted by Crippen LogP contribution is 2.33. The number of aromatic nitrogens is 2. The molecule has 2 saturated heterocycles. The van der Waals surface area contributed by atoms with E-state index in [4.69, 9.17) is 4.98 Å². The highest BCUT2D eigenvalue weighted by Gasteiger charge is 2.33. The van der Waals surface area contributed by atoms with E-state index in [2.05, 4.69) is 41.2 Å². The van der Waals surface area contributed by atoms with Crippen LogP contribution in [0.5, 0.6) is 0 Å². The number of nitrogens with one attached hydrogen (secondary N) is 1. The zero-order valence-corrected chi connectivity index (χ0v) is 11.5. The minimum Gasteiger partial charge on any atom is -0.331 e. The first kappa shape index (κ1) is 11.5. The van der Waals surface area contributed by atoms with Crippen molar-refractivity contribution >= 4 is 11.0 Å². The lowest BCUT2D eigenvalue weighted by Crippen LogP contribution is -2.38. The van der Waals surface area contributed by atoms with E-state index in [1.54, 1.807) is 0 Å². The summed E-state index contributed by atoms with van der Waals surface area (Å²) < 4.78 is 2.28. The quantitative estimate of drug-likeness (QED) is 0.894. The van der Waals surface area contributed by atoms with Crippen LogP contribution >= 0.6 is 0 Å². The zero-order valence-electron chi connectivity index (χ0n) is 11.5. The summed E-state index contributed by atoms with van der Waals surface area (Å²) in [6.07, 6.45) is 6.56. The summed E-state index contributed by atoms with van der Waals surface area (Å²) >= 11 is 0. The van der Waals surface area contributed by atoms with Crippen molar-refractivity contribution in [2.45, 2.75) is 44.2 Å². The second-order valence-corrected chi connectivity index (χ2v) is 6.26. The Balaban J connectivity index is 1.59. The lowest BCUT2D eigenvalue weighted by Gasteiger charge is -2.28. The Hall–Kier alpha value is -1.35. The molecule has 1 aromatic heterocycles. The topological polar surface area (TPSA) is 29.9 Å². The lowest BCUT2D eigenvalue weighted by atomic mass is 9.89. The highest BCUT2D eigenvalue weighted by atomic mass is 15.1. The van der Waals surface area contributed by atoms with Gasteiger partial charge in [0.2, 0.25) is 0 Å². The molecule has 2 aliphatic rings. The van der Waals surface area contributed by atoms with E-state index in [1.807, 2.05) is 0 Å². The molecule has 3 nitrogen and oxygen atoms in total. The van der Waals surface area contributed by atoms with E-state index in [-0.39, 0.29) is 0 Å². The number of imidazole rings is 1. The van der Waals surface area contributed by atoms with Crippen LogP contribution in [0.4, 0.5) is 0 Å². The number of nitrogens with zero attached hydrogens (tertiary/aromatic N) is 2. The molecule has 2 aliphatic heterocycles. The van der Waals surface area contributed by atoms with Crippen molar-refractivity contribution in [3.8, 4) is 0 Å². The molecule has 100 valence electrons. The number of aryl methyl sites for hydroxylation is 1. The number of para-hydroxylation sites is 2. The molecule has 19 heavy (non-hydrogen) atoms. The molecule has 0 radical (unpaired) electrons. The maximum absolute atomic E-state index is 4.82. The van der Waals surface area contributed by atoms with Crippen molar-refractivity contribution < 1.29 is 0 Å². The van der Waals surface area contributed by atoms with E-state index < -0.39 is 0 Å². The first-order valence-corrected chi connectivity index (χ1v) is 7.46. The van der Waals surface area contributed by atoms with Gasteiger partial charge in [0, 0.05) is 25.6 Å².